The molecule has 2 N–H and O–H groups in total. The highest BCUT2D eigenvalue weighted by Crippen LogP contribution is 2.49. The molecule has 0 radical (unpaired) electrons. The van der Waals surface area contributed by atoms with E-state index < -0.39 is 5.91 Å². The molecule has 7 heteroatoms. The molecule has 1 unspecified atom stereocenters. The maximum atomic E-state index is 12.3. The van der Waals surface area contributed by atoms with E-state index in [1.165, 1.54) is 0 Å². The highest BCUT2D eigenvalue weighted by atomic mass is 32.1. The van der Waals surface area contributed by atoms with E-state index in [0.717, 1.165) is 28.6 Å². The third-order valence-electron chi connectivity index (χ3n) is 5.18. The Hall–Kier alpha value is -2.41. The highest BCUT2D eigenvalue weighted by molar-refractivity contribution is 7.80. The lowest BCUT2D eigenvalue weighted by molar-refractivity contribution is -0.113. The van der Waals surface area contributed by atoms with Gasteiger partial charge in [0.1, 0.15) is 11.5 Å². The average Bonchev–Trinajstić information content (AvgIpc) is 3.01. The molecule has 1 aromatic heterocycles. The first kappa shape index (κ1) is 17.0. The summed E-state index contributed by atoms with van der Waals surface area (Å²) in [4.78, 5) is 16.5. The Morgan fingerprint density at radius 3 is 2.81 bits per heavy atom. The second kappa shape index (κ2) is 5.54. The minimum atomic E-state index is -0.391. The summed E-state index contributed by atoms with van der Waals surface area (Å²) in [7, 11) is 0. The fourth-order valence-electron chi connectivity index (χ4n) is 4.31. The number of benzene rings is 1. The number of amides is 1. The van der Waals surface area contributed by atoms with Crippen LogP contribution in [0.1, 0.15) is 51.2 Å². The number of nitrogens with one attached hydrogen (secondary N) is 1. The van der Waals surface area contributed by atoms with Crippen molar-refractivity contribution in [1.29, 1.82) is 0 Å². The fourth-order valence-corrected chi connectivity index (χ4v) is 4.50. The van der Waals surface area contributed by atoms with Crippen LogP contribution in [0.5, 0.6) is 11.6 Å². The molecule has 3 heterocycles. The van der Waals surface area contributed by atoms with E-state index in [4.69, 9.17) is 17.0 Å². The molecule has 1 atom stereocenters. The Morgan fingerprint density at radius 1 is 1.46 bits per heavy atom. The Bertz CT molecular complexity index is 1000. The van der Waals surface area contributed by atoms with E-state index in [-0.39, 0.29) is 22.2 Å². The second-order valence-corrected chi connectivity index (χ2v) is 7.90. The van der Waals surface area contributed by atoms with Crippen molar-refractivity contribution < 1.29 is 14.6 Å². The van der Waals surface area contributed by atoms with Crippen LogP contribution in [0.3, 0.4) is 0 Å². The van der Waals surface area contributed by atoms with Crippen molar-refractivity contribution in [2.24, 2.45) is 4.99 Å². The topological polar surface area (TPSA) is 75.8 Å². The Kier molecular flexibility index (Phi) is 3.63. The zero-order valence-corrected chi connectivity index (χ0v) is 16.0. The Morgan fingerprint density at radius 2 is 2.19 bits per heavy atom. The lowest BCUT2D eigenvalue weighted by Gasteiger charge is -2.37. The van der Waals surface area contributed by atoms with E-state index in [9.17, 15) is 9.90 Å². The van der Waals surface area contributed by atoms with Crippen LogP contribution in [0.15, 0.2) is 17.1 Å². The first-order valence-electron chi connectivity index (χ1n) is 8.73. The van der Waals surface area contributed by atoms with E-state index in [1.807, 2.05) is 23.6 Å². The summed E-state index contributed by atoms with van der Waals surface area (Å²) >= 11 is 5.01. The number of aliphatic imine (C=N–C) groups is 1. The summed E-state index contributed by atoms with van der Waals surface area (Å²) in [5.74, 6) is 0.674. The van der Waals surface area contributed by atoms with Crippen molar-refractivity contribution in [3.8, 4) is 11.6 Å². The molecular weight excluding hydrogens is 350 g/mol. The van der Waals surface area contributed by atoms with Crippen molar-refractivity contribution in [1.82, 2.24) is 9.88 Å². The molecule has 0 bridgehead atoms. The SMILES string of the molecule is CCOc1cc2c3c(c1)c(C1=NC(=S)NC1=O)c(O)n3C(C)(C)CC2C. The molecule has 0 fully saturated rings. The first-order chi connectivity index (χ1) is 12.2. The van der Waals surface area contributed by atoms with E-state index in [2.05, 4.69) is 31.1 Å². The lowest BCUT2D eigenvalue weighted by atomic mass is 9.82. The zero-order valence-electron chi connectivity index (χ0n) is 15.2. The largest absolute Gasteiger partial charge is 0.494 e. The number of ether oxygens (including phenoxy) is 1. The number of carbonyl (C=O) groups excluding carboxylic acids is 1. The molecule has 2 aromatic rings. The quantitative estimate of drug-likeness (QED) is 0.813. The first-order valence-corrected chi connectivity index (χ1v) is 9.14. The van der Waals surface area contributed by atoms with Gasteiger partial charge in [0.2, 0.25) is 11.0 Å². The predicted octanol–water partition coefficient (Wildman–Crippen LogP) is 3.19. The second-order valence-electron chi connectivity index (χ2n) is 7.51. The highest BCUT2D eigenvalue weighted by Gasteiger charge is 2.39. The molecule has 1 aromatic carbocycles. The van der Waals surface area contributed by atoms with Crippen LogP contribution in [0.2, 0.25) is 0 Å². The fraction of sp³-hybridized carbons (Fsp3) is 0.421. The van der Waals surface area contributed by atoms with Gasteiger partial charge in [0.05, 0.1) is 17.7 Å². The number of nitrogens with zero attached hydrogens (tertiary/aromatic N) is 2. The van der Waals surface area contributed by atoms with Crippen LogP contribution in [0.4, 0.5) is 0 Å². The van der Waals surface area contributed by atoms with Crippen LogP contribution in [0, 0.1) is 0 Å². The van der Waals surface area contributed by atoms with Crippen molar-refractivity contribution in [2.75, 3.05) is 6.61 Å². The molecule has 2 aliphatic heterocycles. The minimum absolute atomic E-state index is 0.0467. The molecule has 2 aliphatic rings. The Balaban J connectivity index is 2.13. The van der Waals surface area contributed by atoms with E-state index >= 15 is 0 Å². The van der Waals surface area contributed by atoms with Crippen LogP contribution in [-0.2, 0) is 10.3 Å². The van der Waals surface area contributed by atoms with Crippen molar-refractivity contribution in [3.05, 3.63) is 23.3 Å². The summed E-state index contributed by atoms with van der Waals surface area (Å²) in [6.07, 6.45) is 0.865. The number of hydrogen-bond acceptors (Lipinski definition) is 4. The molecule has 26 heavy (non-hydrogen) atoms. The maximum absolute atomic E-state index is 12.3. The third kappa shape index (κ3) is 2.26. The smallest absolute Gasteiger partial charge is 0.277 e. The van der Waals surface area contributed by atoms with Crippen molar-refractivity contribution in [3.63, 3.8) is 0 Å². The van der Waals surface area contributed by atoms with Gasteiger partial charge in [-0.25, -0.2) is 4.99 Å². The lowest BCUT2D eigenvalue weighted by Crippen LogP contribution is -2.31. The molecule has 136 valence electrons. The van der Waals surface area contributed by atoms with E-state index in [0.29, 0.717) is 18.1 Å². The molecule has 4 rings (SSSR count). The third-order valence-corrected chi connectivity index (χ3v) is 5.37. The van der Waals surface area contributed by atoms with E-state index in [1.54, 1.807) is 0 Å². The predicted molar refractivity (Wildman–Crippen MR) is 104 cm³/mol. The maximum Gasteiger partial charge on any atom is 0.277 e. The summed E-state index contributed by atoms with van der Waals surface area (Å²) < 4.78 is 7.66. The van der Waals surface area contributed by atoms with Gasteiger partial charge >= 0.3 is 0 Å². The van der Waals surface area contributed by atoms with Gasteiger partial charge in [-0.05, 0) is 63.0 Å². The molecule has 0 saturated heterocycles. The van der Waals surface area contributed by atoms with Gasteiger partial charge < -0.3 is 14.4 Å². The summed E-state index contributed by atoms with van der Waals surface area (Å²) in [5.41, 5.74) is 2.31. The van der Waals surface area contributed by atoms with Gasteiger partial charge in [-0.15, -0.1) is 0 Å². The van der Waals surface area contributed by atoms with Gasteiger partial charge in [0, 0.05) is 10.9 Å². The van der Waals surface area contributed by atoms with Crippen LogP contribution < -0.4 is 10.1 Å². The summed E-state index contributed by atoms with van der Waals surface area (Å²) in [5, 5.41) is 14.5. The standard InChI is InChI=1S/C19H21N3O3S/c1-5-25-10-6-11-9(2)8-19(3,4)22-15(11)12(7-10)13(17(22)24)14-16(23)21-18(26)20-14/h6-7,9,24H,5,8H2,1-4H3,(H,21,23,26). The normalized spacial score (nSPS) is 21.1. The number of aromatic hydroxyl groups is 1. The van der Waals surface area contributed by atoms with Gasteiger partial charge in [-0.1, -0.05) is 6.92 Å². The molecular formula is C19H21N3O3S. The zero-order chi connectivity index (χ0) is 18.8. The molecule has 0 aliphatic carbocycles. The Labute approximate surface area is 156 Å². The summed E-state index contributed by atoms with van der Waals surface area (Å²) in [6, 6.07) is 3.91. The van der Waals surface area contributed by atoms with Crippen molar-refractivity contribution in [2.45, 2.75) is 45.6 Å². The monoisotopic (exact) mass is 371 g/mol. The molecule has 6 nitrogen and oxygen atoms in total. The van der Waals surface area contributed by atoms with Crippen LogP contribution >= 0.6 is 12.2 Å². The average molecular weight is 371 g/mol. The molecule has 0 saturated carbocycles. The van der Waals surface area contributed by atoms with Gasteiger partial charge in [-0.3, -0.25) is 10.1 Å². The van der Waals surface area contributed by atoms with Gasteiger partial charge in [0.15, 0.2) is 0 Å². The number of rotatable bonds is 3. The van der Waals surface area contributed by atoms with Crippen LogP contribution in [0.25, 0.3) is 10.9 Å². The molecule has 0 spiro atoms. The molecule has 1 amide bonds. The van der Waals surface area contributed by atoms with Gasteiger partial charge in [-0.2, -0.15) is 0 Å². The van der Waals surface area contributed by atoms with Gasteiger partial charge in [0.25, 0.3) is 5.91 Å². The number of thiocarbonyl (C=S) groups is 1. The summed E-state index contributed by atoms with van der Waals surface area (Å²) in [6.45, 7) is 8.82. The number of hydrogen-bond donors (Lipinski definition) is 2. The number of carbonyl (C=O) groups is 1. The minimum Gasteiger partial charge on any atom is -0.494 e. The van der Waals surface area contributed by atoms with Crippen molar-refractivity contribution >= 4 is 39.9 Å². The van der Waals surface area contributed by atoms with Crippen LogP contribution in [-0.4, -0.2) is 33.0 Å². The number of aromatic nitrogens is 1.